The highest BCUT2D eigenvalue weighted by molar-refractivity contribution is 7.13. The van der Waals surface area contributed by atoms with Gasteiger partial charge in [0.1, 0.15) is 5.60 Å². The molecule has 2 N–H and O–H groups in total. The van der Waals surface area contributed by atoms with Gasteiger partial charge in [-0.05, 0) is 37.3 Å². The molecular formula is C22H24N4O3S. The number of carbonyl (C=O) groups excluding carboxylic acids is 1. The number of piperidine rings is 1. The highest BCUT2D eigenvalue weighted by Crippen LogP contribution is 2.48. The van der Waals surface area contributed by atoms with Gasteiger partial charge < -0.3 is 14.7 Å². The Balaban J connectivity index is 1.39. The van der Waals surface area contributed by atoms with E-state index in [0.717, 1.165) is 29.8 Å². The highest BCUT2D eigenvalue weighted by atomic mass is 32.1. The van der Waals surface area contributed by atoms with Crippen molar-refractivity contribution in [2.24, 2.45) is 5.92 Å². The fraction of sp³-hybridized carbons (Fsp3) is 0.409. The molecule has 8 heteroatoms. The molecule has 5 rings (SSSR count). The molecule has 156 valence electrons. The number of nitrogens with one attached hydrogen (secondary N) is 1. The first-order valence-corrected chi connectivity index (χ1v) is 11.1. The standard InChI is InChI=1S/C22H24N4O3S/c1-29-20-6-2-5-19(25-20)22(28)9-14-4-3-7-26(17(14)10-22)21(27)15-8-18(30-13-15)16-11-23-24-12-16/h2,5-6,8,11-14,17,28H,3-4,7,9-10H2,1H3,(H,23,24). The SMILES string of the molecule is COc1cccc(C2(O)CC3CCCN(C(=O)c4csc(-c5cn[nH]c5)c4)C3C2)n1. The van der Waals surface area contributed by atoms with Crippen molar-refractivity contribution in [2.45, 2.75) is 37.3 Å². The molecule has 1 saturated heterocycles. The Bertz CT molecular complexity index is 1050. The molecule has 1 aliphatic heterocycles. The van der Waals surface area contributed by atoms with Crippen molar-refractivity contribution in [3.05, 3.63) is 53.3 Å². The Morgan fingerprint density at radius 2 is 2.30 bits per heavy atom. The number of H-pyrrole nitrogens is 1. The topological polar surface area (TPSA) is 91.3 Å². The third-order valence-corrected chi connectivity index (χ3v) is 7.34. The van der Waals surface area contributed by atoms with Crippen LogP contribution in [0.2, 0.25) is 0 Å². The summed E-state index contributed by atoms with van der Waals surface area (Å²) in [7, 11) is 1.57. The van der Waals surface area contributed by atoms with Gasteiger partial charge in [0.05, 0.1) is 24.6 Å². The Morgan fingerprint density at radius 1 is 1.40 bits per heavy atom. The molecule has 1 amide bonds. The van der Waals surface area contributed by atoms with Gasteiger partial charge in [-0.25, -0.2) is 4.98 Å². The summed E-state index contributed by atoms with van der Waals surface area (Å²) in [5.41, 5.74) is 1.27. The minimum absolute atomic E-state index is 0.0153. The Kier molecular flexibility index (Phi) is 4.83. The summed E-state index contributed by atoms with van der Waals surface area (Å²) in [6, 6.07) is 7.43. The molecule has 0 aromatic carbocycles. The summed E-state index contributed by atoms with van der Waals surface area (Å²) in [6.07, 6.45) is 6.68. The Morgan fingerprint density at radius 3 is 3.10 bits per heavy atom. The predicted molar refractivity (Wildman–Crippen MR) is 113 cm³/mol. The van der Waals surface area contributed by atoms with E-state index >= 15 is 0 Å². The highest BCUT2D eigenvalue weighted by Gasteiger charge is 2.50. The van der Waals surface area contributed by atoms with Gasteiger partial charge in [0.15, 0.2) is 0 Å². The zero-order chi connectivity index (χ0) is 20.7. The quantitative estimate of drug-likeness (QED) is 0.669. The van der Waals surface area contributed by atoms with Gasteiger partial charge in [0, 0.05) is 47.1 Å². The molecule has 1 saturated carbocycles. The number of hydrogen-bond acceptors (Lipinski definition) is 6. The largest absolute Gasteiger partial charge is 0.481 e. The van der Waals surface area contributed by atoms with Crippen LogP contribution in [0.15, 0.2) is 42.0 Å². The molecule has 4 heterocycles. The Labute approximate surface area is 178 Å². The van der Waals surface area contributed by atoms with Gasteiger partial charge in [-0.2, -0.15) is 5.10 Å². The van der Waals surface area contributed by atoms with E-state index in [-0.39, 0.29) is 17.9 Å². The van der Waals surface area contributed by atoms with Crippen LogP contribution in [0.5, 0.6) is 5.88 Å². The number of fused-ring (bicyclic) bond motifs is 1. The van der Waals surface area contributed by atoms with Crippen molar-refractivity contribution in [1.29, 1.82) is 0 Å². The summed E-state index contributed by atoms with van der Waals surface area (Å²) in [5, 5.41) is 20.2. The zero-order valence-corrected chi connectivity index (χ0v) is 17.6. The van der Waals surface area contributed by atoms with Gasteiger partial charge in [-0.15, -0.1) is 11.3 Å². The van der Waals surface area contributed by atoms with Crippen molar-refractivity contribution in [3.8, 4) is 16.3 Å². The zero-order valence-electron chi connectivity index (χ0n) is 16.7. The molecular weight excluding hydrogens is 400 g/mol. The summed E-state index contributed by atoms with van der Waals surface area (Å²) in [6.45, 7) is 0.721. The molecule has 0 bridgehead atoms. The number of hydrogen-bond donors (Lipinski definition) is 2. The van der Waals surface area contributed by atoms with Crippen LogP contribution in [-0.4, -0.2) is 50.8 Å². The lowest BCUT2D eigenvalue weighted by Gasteiger charge is -2.37. The van der Waals surface area contributed by atoms with Crippen LogP contribution in [0.1, 0.15) is 41.7 Å². The average Bonchev–Trinajstić information content (AvgIpc) is 3.51. The van der Waals surface area contributed by atoms with Crippen molar-refractivity contribution in [3.63, 3.8) is 0 Å². The monoisotopic (exact) mass is 424 g/mol. The lowest BCUT2D eigenvalue weighted by molar-refractivity contribution is 0.0289. The summed E-state index contributed by atoms with van der Waals surface area (Å²) >= 11 is 1.54. The fourth-order valence-corrected chi connectivity index (χ4v) is 5.78. The van der Waals surface area contributed by atoms with E-state index in [1.165, 1.54) is 0 Å². The minimum atomic E-state index is -1.04. The molecule has 3 aromatic rings. The number of likely N-dealkylation sites (tertiary alicyclic amines) is 1. The number of rotatable bonds is 4. The van der Waals surface area contributed by atoms with Crippen molar-refractivity contribution >= 4 is 17.2 Å². The van der Waals surface area contributed by atoms with Gasteiger partial charge >= 0.3 is 0 Å². The lowest BCUT2D eigenvalue weighted by atomic mass is 9.91. The van der Waals surface area contributed by atoms with E-state index in [4.69, 9.17) is 4.74 Å². The molecule has 0 spiro atoms. The second kappa shape index (κ2) is 7.52. The molecule has 2 aliphatic rings. The molecule has 0 radical (unpaired) electrons. The number of aromatic nitrogens is 3. The number of aromatic amines is 1. The fourth-order valence-electron chi connectivity index (χ4n) is 4.91. The number of thiophene rings is 1. The summed E-state index contributed by atoms with van der Waals surface area (Å²) in [4.78, 5) is 20.8. The number of aliphatic hydroxyl groups is 1. The number of amides is 1. The molecule has 3 unspecified atom stereocenters. The molecule has 3 aromatic heterocycles. The molecule has 1 aliphatic carbocycles. The van der Waals surface area contributed by atoms with Crippen LogP contribution in [0.3, 0.4) is 0 Å². The maximum atomic E-state index is 13.4. The second-order valence-electron chi connectivity index (χ2n) is 8.16. The lowest BCUT2D eigenvalue weighted by Crippen LogP contribution is -2.46. The average molecular weight is 425 g/mol. The van der Waals surface area contributed by atoms with Crippen LogP contribution in [0.25, 0.3) is 10.4 Å². The molecule has 30 heavy (non-hydrogen) atoms. The smallest absolute Gasteiger partial charge is 0.254 e. The normalized spacial score (nSPS) is 25.9. The van der Waals surface area contributed by atoms with Gasteiger partial charge in [0.25, 0.3) is 5.91 Å². The number of methoxy groups -OCH3 is 1. The van der Waals surface area contributed by atoms with Crippen molar-refractivity contribution in [1.82, 2.24) is 20.1 Å². The van der Waals surface area contributed by atoms with E-state index < -0.39 is 5.60 Å². The molecule has 2 fully saturated rings. The van der Waals surface area contributed by atoms with E-state index in [2.05, 4.69) is 15.2 Å². The van der Waals surface area contributed by atoms with Gasteiger partial charge in [-0.3, -0.25) is 9.89 Å². The predicted octanol–water partition coefficient (Wildman–Crippen LogP) is 3.44. The number of pyridine rings is 1. The van der Waals surface area contributed by atoms with Crippen LogP contribution >= 0.6 is 11.3 Å². The maximum Gasteiger partial charge on any atom is 0.254 e. The summed E-state index contributed by atoms with van der Waals surface area (Å²) < 4.78 is 5.24. The molecule has 3 atom stereocenters. The first-order chi connectivity index (χ1) is 14.6. The van der Waals surface area contributed by atoms with E-state index in [1.54, 1.807) is 30.7 Å². The number of nitrogens with zero attached hydrogens (tertiary/aromatic N) is 3. The van der Waals surface area contributed by atoms with E-state index in [9.17, 15) is 9.90 Å². The van der Waals surface area contributed by atoms with Crippen LogP contribution in [0, 0.1) is 5.92 Å². The van der Waals surface area contributed by atoms with Crippen molar-refractivity contribution in [2.75, 3.05) is 13.7 Å². The Hall–Kier alpha value is -2.71. The summed E-state index contributed by atoms with van der Waals surface area (Å²) in [5.74, 6) is 0.806. The number of carbonyl (C=O) groups is 1. The van der Waals surface area contributed by atoms with Crippen LogP contribution in [0.4, 0.5) is 0 Å². The maximum absolute atomic E-state index is 13.4. The molecule has 7 nitrogen and oxygen atoms in total. The first kappa shape index (κ1) is 19.3. The van der Waals surface area contributed by atoms with E-state index in [0.29, 0.717) is 30.0 Å². The third kappa shape index (κ3) is 3.30. The van der Waals surface area contributed by atoms with Gasteiger partial charge in [0.2, 0.25) is 5.88 Å². The van der Waals surface area contributed by atoms with Crippen molar-refractivity contribution < 1.29 is 14.6 Å². The second-order valence-corrected chi connectivity index (χ2v) is 9.07. The van der Waals surface area contributed by atoms with E-state index in [1.807, 2.05) is 34.7 Å². The third-order valence-electron chi connectivity index (χ3n) is 6.36. The van der Waals surface area contributed by atoms with Crippen LogP contribution < -0.4 is 4.74 Å². The number of ether oxygens (including phenoxy) is 1. The van der Waals surface area contributed by atoms with Crippen LogP contribution in [-0.2, 0) is 5.60 Å². The van der Waals surface area contributed by atoms with Gasteiger partial charge in [-0.1, -0.05) is 6.07 Å². The minimum Gasteiger partial charge on any atom is -0.481 e. The first-order valence-electron chi connectivity index (χ1n) is 10.2.